The van der Waals surface area contributed by atoms with Crippen LogP contribution in [0, 0.1) is 13.8 Å². The highest BCUT2D eigenvalue weighted by atomic mass is 16.5. The predicted molar refractivity (Wildman–Crippen MR) is 105 cm³/mol. The van der Waals surface area contributed by atoms with E-state index in [1.165, 1.54) is 0 Å². The van der Waals surface area contributed by atoms with Crippen molar-refractivity contribution < 1.29 is 14.3 Å². The van der Waals surface area contributed by atoms with Gasteiger partial charge in [0.2, 0.25) is 5.91 Å². The van der Waals surface area contributed by atoms with Crippen LogP contribution in [0.5, 0.6) is 11.5 Å². The van der Waals surface area contributed by atoms with Crippen molar-refractivity contribution in [3.63, 3.8) is 0 Å². The van der Waals surface area contributed by atoms with Gasteiger partial charge in [-0.05, 0) is 63.1 Å². The van der Waals surface area contributed by atoms with Gasteiger partial charge in [-0.1, -0.05) is 12.1 Å². The first-order valence-electron chi connectivity index (χ1n) is 8.71. The van der Waals surface area contributed by atoms with Crippen LogP contribution < -0.4 is 20.1 Å². The van der Waals surface area contributed by atoms with Crippen LogP contribution in [0.3, 0.4) is 0 Å². The van der Waals surface area contributed by atoms with Crippen LogP contribution in [0.25, 0.3) is 0 Å². The quantitative estimate of drug-likeness (QED) is 0.787. The van der Waals surface area contributed by atoms with Crippen LogP contribution >= 0.6 is 0 Å². The molecule has 2 N–H and O–H groups in total. The summed E-state index contributed by atoms with van der Waals surface area (Å²) >= 11 is 0. The minimum absolute atomic E-state index is 0.0765. The molecule has 0 bridgehead atoms. The highest BCUT2D eigenvalue weighted by Gasteiger charge is 2.19. The molecule has 2 rings (SSSR count). The second kappa shape index (κ2) is 8.72. The molecule has 140 valence electrons. The van der Waals surface area contributed by atoms with Crippen molar-refractivity contribution >= 4 is 11.6 Å². The average Bonchev–Trinajstić information content (AvgIpc) is 2.63. The number of carbonyl (C=O) groups excluding carboxylic acids is 1. The van der Waals surface area contributed by atoms with Gasteiger partial charge in [0.05, 0.1) is 20.3 Å². The van der Waals surface area contributed by atoms with E-state index in [4.69, 9.17) is 9.47 Å². The molecular weight excluding hydrogens is 328 g/mol. The fourth-order valence-electron chi connectivity index (χ4n) is 2.83. The van der Waals surface area contributed by atoms with Crippen molar-refractivity contribution in [3.8, 4) is 11.5 Å². The number of aryl methyl sites for hydroxylation is 2. The van der Waals surface area contributed by atoms with Crippen molar-refractivity contribution in [1.82, 2.24) is 5.32 Å². The van der Waals surface area contributed by atoms with E-state index in [0.29, 0.717) is 0 Å². The molecule has 1 amide bonds. The molecule has 5 nitrogen and oxygen atoms in total. The fourth-order valence-corrected chi connectivity index (χ4v) is 2.83. The Bertz CT molecular complexity index is 774. The van der Waals surface area contributed by atoms with Gasteiger partial charge in [0.1, 0.15) is 11.5 Å². The SMILES string of the molecule is COc1ccc(OC)c(C(C)NC(C)C(=O)Nc2cc(C)ccc2C)c1. The summed E-state index contributed by atoms with van der Waals surface area (Å²) in [6, 6.07) is 11.2. The van der Waals surface area contributed by atoms with Crippen molar-refractivity contribution in [2.45, 2.75) is 39.8 Å². The lowest BCUT2D eigenvalue weighted by Gasteiger charge is -2.22. The molecule has 0 aliphatic rings. The summed E-state index contributed by atoms with van der Waals surface area (Å²) in [4.78, 5) is 12.6. The van der Waals surface area contributed by atoms with E-state index in [-0.39, 0.29) is 18.0 Å². The fraction of sp³-hybridized carbons (Fsp3) is 0.381. The van der Waals surface area contributed by atoms with Gasteiger partial charge in [-0.3, -0.25) is 10.1 Å². The lowest BCUT2D eigenvalue weighted by atomic mass is 10.1. The number of nitrogens with one attached hydrogen (secondary N) is 2. The maximum Gasteiger partial charge on any atom is 0.241 e. The van der Waals surface area contributed by atoms with Crippen LogP contribution in [-0.2, 0) is 4.79 Å². The zero-order valence-corrected chi connectivity index (χ0v) is 16.3. The standard InChI is InChI=1S/C21H28N2O3/c1-13-7-8-14(2)19(11-13)23-21(24)16(4)22-15(3)18-12-17(25-5)9-10-20(18)26-6/h7-12,15-16,22H,1-6H3,(H,23,24). The summed E-state index contributed by atoms with van der Waals surface area (Å²) in [5.41, 5.74) is 3.94. The van der Waals surface area contributed by atoms with Crippen LogP contribution in [0.15, 0.2) is 36.4 Å². The Morgan fingerprint density at radius 3 is 2.38 bits per heavy atom. The third-order valence-corrected chi connectivity index (χ3v) is 4.45. The van der Waals surface area contributed by atoms with Crippen LogP contribution in [0.4, 0.5) is 5.69 Å². The molecule has 0 radical (unpaired) electrons. The summed E-state index contributed by atoms with van der Waals surface area (Å²) in [6.45, 7) is 7.84. The summed E-state index contributed by atoms with van der Waals surface area (Å²) in [7, 11) is 3.26. The topological polar surface area (TPSA) is 59.6 Å². The van der Waals surface area contributed by atoms with E-state index in [1.807, 2.05) is 64.1 Å². The number of ether oxygens (including phenoxy) is 2. The second-order valence-electron chi connectivity index (χ2n) is 6.53. The number of benzene rings is 2. The maximum atomic E-state index is 12.6. The van der Waals surface area contributed by atoms with Gasteiger partial charge in [0.15, 0.2) is 0 Å². The lowest BCUT2D eigenvalue weighted by molar-refractivity contribution is -0.117. The van der Waals surface area contributed by atoms with Crippen molar-refractivity contribution in [1.29, 1.82) is 0 Å². The predicted octanol–water partition coefficient (Wildman–Crippen LogP) is 4.00. The monoisotopic (exact) mass is 356 g/mol. The van der Waals surface area contributed by atoms with Gasteiger partial charge in [-0.25, -0.2) is 0 Å². The minimum Gasteiger partial charge on any atom is -0.497 e. The second-order valence-corrected chi connectivity index (χ2v) is 6.53. The highest BCUT2D eigenvalue weighted by Crippen LogP contribution is 2.29. The number of rotatable bonds is 7. The van der Waals surface area contributed by atoms with Crippen molar-refractivity contribution in [3.05, 3.63) is 53.1 Å². The van der Waals surface area contributed by atoms with E-state index < -0.39 is 0 Å². The van der Waals surface area contributed by atoms with E-state index >= 15 is 0 Å². The van der Waals surface area contributed by atoms with E-state index in [1.54, 1.807) is 14.2 Å². The zero-order valence-electron chi connectivity index (χ0n) is 16.3. The molecule has 0 aromatic heterocycles. The van der Waals surface area contributed by atoms with Gasteiger partial charge in [-0.15, -0.1) is 0 Å². The Labute approximate surface area is 155 Å². The Balaban J connectivity index is 2.10. The molecule has 2 atom stereocenters. The summed E-state index contributed by atoms with van der Waals surface area (Å²) < 4.78 is 10.7. The van der Waals surface area contributed by atoms with E-state index in [9.17, 15) is 4.79 Å². The third kappa shape index (κ3) is 4.76. The number of amides is 1. The minimum atomic E-state index is -0.374. The van der Waals surface area contributed by atoms with Crippen molar-refractivity contribution in [2.24, 2.45) is 0 Å². The largest absolute Gasteiger partial charge is 0.497 e. The molecule has 26 heavy (non-hydrogen) atoms. The molecule has 2 aromatic rings. The summed E-state index contributed by atoms with van der Waals surface area (Å²) in [5.74, 6) is 1.43. The smallest absolute Gasteiger partial charge is 0.241 e. The van der Waals surface area contributed by atoms with Gasteiger partial charge in [-0.2, -0.15) is 0 Å². The Morgan fingerprint density at radius 1 is 1.00 bits per heavy atom. The number of hydrogen-bond acceptors (Lipinski definition) is 4. The average molecular weight is 356 g/mol. The van der Waals surface area contributed by atoms with Gasteiger partial charge in [0.25, 0.3) is 0 Å². The Morgan fingerprint density at radius 2 is 1.73 bits per heavy atom. The molecule has 5 heteroatoms. The van der Waals surface area contributed by atoms with Gasteiger partial charge in [0, 0.05) is 17.3 Å². The highest BCUT2D eigenvalue weighted by molar-refractivity contribution is 5.95. The summed E-state index contributed by atoms with van der Waals surface area (Å²) in [5, 5.41) is 6.33. The Hall–Kier alpha value is -2.53. The first-order valence-corrected chi connectivity index (χ1v) is 8.71. The first kappa shape index (κ1) is 19.8. The normalized spacial score (nSPS) is 13.0. The van der Waals surface area contributed by atoms with Gasteiger partial charge >= 0.3 is 0 Å². The van der Waals surface area contributed by atoms with Crippen molar-refractivity contribution in [2.75, 3.05) is 19.5 Å². The lowest BCUT2D eigenvalue weighted by Crippen LogP contribution is -2.39. The molecule has 2 aromatic carbocycles. The number of anilines is 1. The molecule has 0 aliphatic carbocycles. The van der Waals surface area contributed by atoms with Crippen LogP contribution in [0.1, 0.15) is 36.6 Å². The van der Waals surface area contributed by atoms with Gasteiger partial charge < -0.3 is 14.8 Å². The molecule has 0 saturated carbocycles. The first-order chi connectivity index (χ1) is 12.3. The zero-order chi connectivity index (χ0) is 19.3. The molecule has 0 spiro atoms. The summed E-state index contributed by atoms with van der Waals surface area (Å²) in [6.07, 6.45) is 0. The maximum absolute atomic E-state index is 12.6. The molecular formula is C21H28N2O3. The number of carbonyl (C=O) groups is 1. The van der Waals surface area contributed by atoms with E-state index in [0.717, 1.165) is 33.9 Å². The van der Waals surface area contributed by atoms with Crippen LogP contribution in [0.2, 0.25) is 0 Å². The van der Waals surface area contributed by atoms with E-state index in [2.05, 4.69) is 10.6 Å². The van der Waals surface area contributed by atoms with Crippen LogP contribution in [-0.4, -0.2) is 26.2 Å². The molecule has 0 aliphatic heterocycles. The number of methoxy groups -OCH3 is 2. The molecule has 0 saturated heterocycles. The third-order valence-electron chi connectivity index (χ3n) is 4.45. The molecule has 2 unspecified atom stereocenters. The molecule has 0 heterocycles. The number of hydrogen-bond donors (Lipinski definition) is 2. The molecule has 0 fully saturated rings. The Kier molecular flexibility index (Phi) is 6.64.